The zero-order valence-electron chi connectivity index (χ0n) is 15.3. The number of fused-ring (bicyclic) bond motifs is 1. The molecule has 0 fully saturated rings. The average molecular weight is 372 g/mol. The fraction of sp³-hybridized carbons (Fsp3) is 0.316. The van der Waals surface area contributed by atoms with Crippen LogP contribution in [-0.4, -0.2) is 30.8 Å². The molecule has 3 rings (SSSR count). The van der Waals surface area contributed by atoms with E-state index < -0.39 is 19.5 Å². The minimum absolute atomic E-state index is 0.175. The standard InChI is InChI=1S/C19H25NO3Si2/c1-19(2,18(22-24-3)23-25-4)14-7-8-15-16(12-21-17(15)10-14)13-6-5-9-20-11-13/h5-12,18H,24-25H2,1-4H3. The quantitative estimate of drug-likeness (QED) is 0.472. The number of hydrogen-bond acceptors (Lipinski definition) is 4. The first-order chi connectivity index (χ1) is 12.1. The molecule has 0 bridgehead atoms. The van der Waals surface area contributed by atoms with E-state index in [0.717, 1.165) is 22.1 Å². The smallest absolute Gasteiger partial charge is 0.161 e. The molecular weight excluding hydrogens is 346 g/mol. The first-order valence-corrected chi connectivity index (χ1v) is 12.7. The van der Waals surface area contributed by atoms with Crippen molar-refractivity contribution in [1.82, 2.24) is 4.98 Å². The highest BCUT2D eigenvalue weighted by atomic mass is 28.2. The number of benzene rings is 1. The maximum atomic E-state index is 6.00. The van der Waals surface area contributed by atoms with E-state index in [1.165, 1.54) is 5.56 Å². The first kappa shape index (κ1) is 18.1. The second-order valence-electron chi connectivity index (χ2n) is 6.57. The zero-order chi connectivity index (χ0) is 17.9. The molecule has 0 N–H and O–H groups in total. The Morgan fingerprint density at radius 1 is 1.12 bits per heavy atom. The Hall–Kier alpha value is -1.74. The second-order valence-corrected chi connectivity index (χ2v) is 8.39. The highest BCUT2D eigenvalue weighted by molar-refractivity contribution is 6.26. The molecule has 6 heteroatoms. The molecule has 3 aromatic rings. The van der Waals surface area contributed by atoms with Crippen LogP contribution in [0.5, 0.6) is 0 Å². The fourth-order valence-corrected chi connectivity index (χ4v) is 4.90. The Labute approximate surface area is 153 Å². The molecule has 0 amide bonds. The van der Waals surface area contributed by atoms with E-state index in [1.807, 2.05) is 18.3 Å². The molecule has 0 atom stereocenters. The lowest BCUT2D eigenvalue weighted by atomic mass is 9.83. The summed E-state index contributed by atoms with van der Waals surface area (Å²) in [5, 5.41) is 1.10. The molecule has 0 aliphatic heterocycles. The van der Waals surface area contributed by atoms with Gasteiger partial charge < -0.3 is 13.3 Å². The normalized spacial score (nSPS) is 14.2. The van der Waals surface area contributed by atoms with Gasteiger partial charge in [-0.1, -0.05) is 45.1 Å². The van der Waals surface area contributed by atoms with Gasteiger partial charge >= 0.3 is 0 Å². The number of furan rings is 1. The van der Waals surface area contributed by atoms with Crippen molar-refractivity contribution in [3.05, 3.63) is 54.6 Å². The summed E-state index contributed by atoms with van der Waals surface area (Å²) in [5.41, 5.74) is 3.96. The van der Waals surface area contributed by atoms with Crippen LogP contribution in [0.3, 0.4) is 0 Å². The van der Waals surface area contributed by atoms with Crippen molar-refractivity contribution in [3.8, 4) is 11.1 Å². The fourth-order valence-electron chi connectivity index (χ4n) is 3.08. The van der Waals surface area contributed by atoms with Crippen molar-refractivity contribution in [1.29, 1.82) is 0 Å². The molecule has 0 spiro atoms. The lowest BCUT2D eigenvalue weighted by molar-refractivity contribution is -0.0432. The minimum atomic E-state index is -0.544. The molecule has 25 heavy (non-hydrogen) atoms. The molecule has 0 aliphatic rings. The molecule has 0 radical (unpaired) electrons. The van der Waals surface area contributed by atoms with Crippen molar-refractivity contribution < 1.29 is 13.3 Å². The van der Waals surface area contributed by atoms with Crippen molar-refractivity contribution in [3.63, 3.8) is 0 Å². The highest BCUT2D eigenvalue weighted by Gasteiger charge is 2.32. The SMILES string of the molecule is C[SiH2]OC(O[SiH2]C)C(C)(C)c1ccc2c(-c3cccnc3)coc2c1. The van der Waals surface area contributed by atoms with Crippen LogP contribution in [0.1, 0.15) is 19.4 Å². The van der Waals surface area contributed by atoms with Gasteiger partial charge in [0.15, 0.2) is 19.5 Å². The molecule has 2 heterocycles. The summed E-state index contributed by atoms with van der Waals surface area (Å²) < 4.78 is 17.8. The Bertz CT molecular complexity index is 827. The largest absolute Gasteiger partial charge is 0.464 e. The van der Waals surface area contributed by atoms with Gasteiger partial charge in [0.1, 0.15) is 11.9 Å². The predicted octanol–water partition coefficient (Wildman–Crippen LogP) is 3.40. The number of hydrogen-bond donors (Lipinski definition) is 0. The van der Waals surface area contributed by atoms with Gasteiger partial charge in [0.05, 0.1) is 6.26 Å². The topological polar surface area (TPSA) is 44.5 Å². The van der Waals surface area contributed by atoms with E-state index in [1.54, 1.807) is 12.5 Å². The molecule has 132 valence electrons. The van der Waals surface area contributed by atoms with E-state index in [4.69, 9.17) is 13.3 Å². The lowest BCUT2D eigenvalue weighted by Crippen LogP contribution is -2.39. The van der Waals surface area contributed by atoms with Gasteiger partial charge in [-0.2, -0.15) is 0 Å². The number of nitrogens with zero attached hydrogens (tertiary/aromatic N) is 1. The molecular formula is C19H25NO3Si2. The third-order valence-corrected chi connectivity index (χ3v) is 5.79. The molecule has 0 saturated heterocycles. The lowest BCUT2D eigenvalue weighted by Gasteiger charge is -2.34. The van der Waals surface area contributed by atoms with Gasteiger partial charge in [0.25, 0.3) is 0 Å². The van der Waals surface area contributed by atoms with Crippen molar-refractivity contribution in [2.24, 2.45) is 0 Å². The van der Waals surface area contributed by atoms with Crippen LogP contribution in [0.15, 0.2) is 53.4 Å². The summed E-state index contributed by atoms with van der Waals surface area (Å²) in [6, 6.07) is 10.4. The van der Waals surface area contributed by atoms with E-state index in [-0.39, 0.29) is 11.7 Å². The molecule has 0 unspecified atom stereocenters. The van der Waals surface area contributed by atoms with Gasteiger partial charge in [0.2, 0.25) is 0 Å². The van der Waals surface area contributed by atoms with Crippen LogP contribution in [-0.2, 0) is 14.3 Å². The third kappa shape index (κ3) is 3.62. The molecule has 1 aromatic carbocycles. The second kappa shape index (κ2) is 7.65. The average Bonchev–Trinajstić information content (AvgIpc) is 3.05. The van der Waals surface area contributed by atoms with Gasteiger partial charge in [0, 0.05) is 34.3 Å². The number of pyridine rings is 1. The van der Waals surface area contributed by atoms with Crippen LogP contribution in [0.4, 0.5) is 0 Å². The summed E-state index contributed by atoms with van der Waals surface area (Å²) in [5.74, 6) is 0. The first-order valence-electron chi connectivity index (χ1n) is 8.73. The van der Waals surface area contributed by atoms with E-state index in [9.17, 15) is 0 Å². The summed E-state index contributed by atoms with van der Waals surface area (Å²) >= 11 is 0. The maximum Gasteiger partial charge on any atom is 0.161 e. The Balaban J connectivity index is 1.99. The van der Waals surface area contributed by atoms with Crippen LogP contribution < -0.4 is 0 Å². The van der Waals surface area contributed by atoms with Crippen molar-refractivity contribution >= 4 is 30.5 Å². The van der Waals surface area contributed by atoms with E-state index in [0.29, 0.717) is 0 Å². The van der Waals surface area contributed by atoms with Crippen LogP contribution in [0.2, 0.25) is 13.1 Å². The van der Waals surface area contributed by atoms with Crippen LogP contribution in [0, 0.1) is 0 Å². The Morgan fingerprint density at radius 3 is 2.52 bits per heavy atom. The Morgan fingerprint density at radius 2 is 1.88 bits per heavy atom. The summed E-state index contributed by atoms with van der Waals surface area (Å²) in [6.07, 6.45) is 5.27. The van der Waals surface area contributed by atoms with Crippen LogP contribution >= 0.6 is 0 Å². The van der Waals surface area contributed by atoms with Gasteiger partial charge in [-0.25, -0.2) is 0 Å². The molecule has 4 nitrogen and oxygen atoms in total. The minimum Gasteiger partial charge on any atom is -0.464 e. The summed E-state index contributed by atoms with van der Waals surface area (Å²) in [7, 11) is -1.09. The maximum absolute atomic E-state index is 6.00. The van der Waals surface area contributed by atoms with E-state index in [2.05, 4.69) is 50.1 Å². The Kier molecular flexibility index (Phi) is 5.53. The van der Waals surface area contributed by atoms with Gasteiger partial charge in [-0.3, -0.25) is 4.98 Å². The summed E-state index contributed by atoms with van der Waals surface area (Å²) in [4.78, 5) is 4.20. The highest BCUT2D eigenvalue weighted by Crippen LogP contribution is 2.35. The molecule has 0 aliphatic carbocycles. The van der Waals surface area contributed by atoms with Crippen molar-refractivity contribution in [2.45, 2.75) is 38.6 Å². The predicted molar refractivity (Wildman–Crippen MR) is 107 cm³/mol. The zero-order valence-corrected chi connectivity index (χ0v) is 18.1. The van der Waals surface area contributed by atoms with Gasteiger partial charge in [-0.05, 0) is 17.7 Å². The van der Waals surface area contributed by atoms with Gasteiger partial charge in [-0.15, -0.1) is 0 Å². The number of aromatic nitrogens is 1. The van der Waals surface area contributed by atoms with E-state index >= 15 is 0 Å². The monoisotopic (exact) mass is 371 g/mol. The van der Waals surface area contributed by atoms with Crippen LogP contribution in [0.25, 0.3) is 22.1 Å². The molecule has 0 saturated carbocycles. The number of rotatable bonds is 7. The third-order valence-electron chi connectivity index (χ3n) is 4.52. The summed E-state index contributed by atoms with van der Waals surface area (Å²) in [6.45, 7) is 8.63. The molecule has 2 aromatic heterocycles. The van der Waals surface area contributed by atoms with Crippen molar-refractivity contribution in [2.75, 3.05) is 0 Å².